The fraction of sp³-hybridized carbons (Fsp3) is 0.304. The van der Waals surface area contributed by atoms with E-state index in [1.807, 2.05) is 56.0 Å². The van der Waals surface area contributed by atoms with Crippen molar-refractivity contribution in [1.82, 2.24) is 14.8 Å². The van der Waals surface area contributed by atoms with E-state index >= 15 is 0 Å². The minimum Gasteiger partial charge on any atom is -0.489 e. The fourth-order valence-corrected chi connectivity index (χ4v) is 6.69. The molecule has 1 fully saturated rings. The van der Waals surface area contributed by atoms with Crippen LogP contribution in [0.1, 0.15) is 72.6 Å². The Bertz CT molecular complexity index is 2030. The summed E-state index contributed by atoms with van der Waals surface area (Å²) in [4.78, 5) is 22.4. The highest BCUT2D eigenvalue weighted by atomic mass is 35.5. The monoisotopic (exact) mass is 743 g/mol. The second-order valence-electron chi connectivity index (χ2n) is 14.5. The smallest absolute Gasteiger partial charge is 0.249 e. The van der Waals surface area contributed by atoms with Crippen molar-refractivity contribution in [2.75, 3.05) is 26.2 Å². The Hall–Kier alpha value is -5.11. The van der Waals surface area contributed by atoms with Crippen molar-refractivity contribution < 1.29 is 19.0 Å². The number of carbonyl (C=O) groups excluding carboxylic acids is 1. The van der Waals surface area contributed by atoms with E-state index in [4.69, 9.17) is 25.8 Å². The highest BCUT2D eigenvalue weighted by Gasteiger charge is 2.24. The molecule has 7 nitrogen and oxygen atoms in total. The first-order chi connectivity index (χ1) is 26.0. The number of rotatable bonds is 13. The molecule has 280 valence electrons. The predicted octanol–water partition coefficient (Wildman–Crippen LogP) is 10.6. The van der Waals surface area contributed by atoms with Crippen LogP contribution >= 0.6 is 11.6 Å². The van der Waals surface area contributed by atoms with Crippen LogP contribution in [0.4, 0.5) is 0 Å². The summed E-state index contributed by atoms with van der Waals surface area (Å²) in [5.74, 6) is 3.04. The molecule has 6 rings (SSSR count). The molecule has 0 saturated carbocycles. The molecule has 0 radical (unpaired) electrons. The number of aryl methyl sites for hydroxylation is 2. The maximum Gasteiger partial charge on any atom is 0.249 e. The Morgan fingerprint density at radius 1 is 0.759 bits per heavy atom. The molecule has 0 N–H and O–H groups in total. The summed E-state index contributed by atoms with van der Waals surface area (Å²) in [5.41, 5.74) is 9.35. The lowest BCUT2D eigenvalue weighted by atomic mass is 9.99. The van der Waals surface area contributed by atoms with E-state index < -0.39 is 0 Å². The third-order valence-electron chi connectivity index (χ3n) is 10.0. The minimum absolute atomic E-state index is 0.0540. The maximum absolute atomic E-state index is 13.6. The number of piperazine rings is 1. The van der Waals surface area contributed by atoms with Gasteiger partial charge in [-0.2, -0.15) is 0 Å². The average Bonchev–Trinajstić information content (AvgIpc) is 3.18. The molecular weight excluding hydrogens is 694 g/mol. The number of carbonyl (C=O) groups is 1. The van der Waals surface area contributed by atoms with Crippen LogP contribution in [0.15, 0.2) is 109 Å². The Morgan fingerprint density at radius 2 is 1.35 bits per heavy atom. The number of pyridine rings is 1. The van der Waals surface area contributed by atoms with E-state index in [1.165, 1.54) is 16.7 Å². The third-order valence-corrected chi connectivity index (χ3v) is 10.3. The molecule has 0 atom stereocenters. The minimum atomic E-state index is 0.0540. The zero-order valence-corrected chi connectivity index (χ0v) is 33.0. The van der Waals surface area contributed by atoms with Crippen molar-refractivity contribution in [3.8, 4) is 23.1 Å². The van der Waals surface area contributed by atoms with Gasteiger partial charge in [0, 0.05) is 44.4 Å². The first-order valence-corrected chi connectivity index (χ1v) is 19.0. The van der Waals surface area contributed by atoms with Crippen LogP contribution in [-0.2, 0) is 24.6 Å². The molecule has 1 aliphatic heterocycles. The van der Waals surface area contributed by atoms with Crippen LogP contribution in [0.2, 0.25) is 5.02 Å². The molecule has 0 spiro atoms. The Kier molecular flexibility index (Phi) is 12.7. The summed E-state index contributed by atoms with van der Waals surface area (Å²) in [6.45, 7) is 17.1. The molecule has 0 bridgehead atoms. The van der Waals surface area contributed by atoms with Crippen LogP contribution < -0.4 is 14.2 Å². The number of allylic oxidation sites excluding steroid dienone is 1. The highest BCUT2D eigenvalue weighted by Crippen LogP contribution is 2.36. The van der Waals surface area contributed by atoms with Crippen molar-refractivity contribution in [2.45, 2.75) is 67.2 Å². The van der Waals surface area contributed by atoms with Gasteiger partial charge < -0.3 is 19.1 Å². The van der Waals surface area contributed by atoms with Gasteiger partial charge in [0.2, 0.25) is 11.8 Å². The van der Waals surface area contributed by atoms with Crippen LogP contribution in [0.5, 0.6) is 23.1 Å². The van der Waals surface area contributed by atoms with E-state index in [2.05, 4.69) is 91.3 Å². The van der Waals surface area contributed by atoms with Gasteiger partial charge in [-0.05, 0) is 103 Å². The van der Waals surface area contributed by atoms with Crippen molar-refractivity contribution in [3.63, 3.8) is 0 Å². The van der Waals surface area contributed by atoms with Gasteiger partial charge in [0.15, 0.2) is 5.75 Å². The molecule has 1 aromatic heterocycles. The van der Waals surface area contributed by atoms with E-state index in [1.54, 1.807) is 12.3 Å². The Labute approximate surface area is 325 Å². The van der Waals surface area contributed by atoms with Crippen LogP contribution in [0.25, 0.3) is 5.57 Å². The zero-order chi connectivity index (χ0) is 38.2. The summed E-state index contributed by atoms with van der Waals surface area (Å²) in [5, 5.41) is 0.455. The number of amides is 1. The Morgan fingerprint density at radius 3 is 1.94 bits per heavy atom. The topological polar surface area (TPSA) is 64.1 Å². The Balaban J connectivity index is 0.983. The molecule has 0 aliphatic carbocycles. The molecule has 5 aromatic rings. The molecule has 1 saturated heterocycles. The van der Waals surface area contributed by atoms with E-state index in [9.17, 15) is 4.79 Å². The largest absolute Gasteiger partial charge is 0.489 e. The maximum atomic E-state index is 13.6. The van der Waals surface area contributed by atoms with Crippen LogP contribution in [0.3, 0.4) is 0 Å². The van der Waals surface area contributed by atoms with Crippen LogP contribution in [0, 0.1) is 13.8 Å². The molecule has 0 unspecified atom stereocenters. The summed E-state index contributed by atoms with van der Waals surface area (Å²) in [6.07, 6.45) is 1.64. The number of hydrogen-bond acceptors (Lipinski definition) is 6. The molecule has 2 heterocycles. The molecule has 4 aromatic carbocycles. The lowest BCUT2D eigenvalue weighted by Gasteiger charge is -2.35. The number of nitrogens with zero attached hydrogens (tertiary/aromatic N) is 3. The van der Waals surface area contributed by atoms with Crippen molar-refractivity contribution in [3.05, 3.63) is 153 Å². The molecule has 1 amide bonds. The number of benzene rings is 4. The lowest BCUT2D eigenvalue weighted by Crippen LogP contribution is -2.48. The van der Waals surface area contributed by atoms with Gasteiger partial charge in [-0.3, -0.25) is 9.69 Å². The summed E-state index contributed by atoms with van der Waals surface area (Å²) in [7, 11) is 0. The molecule has 1 aliphatic rings. The van der Waals surface area contributed by atoms with Gasteiger partial charge in [0.05, 0.1) is 11.2 Å². The predicted molar refractivity (Wildman–Crippen MR) is 217 cm³/mol. The van der Waals surface area contributed by atoms with Gasteiger partial charge >= 0.3 is 0 Å². The first kappa shape index (κ1) is 38.6. The van der Waals surface area contributed by atoms with E-state index in [0.717, 1.165) is 53.2 Å². The van der Waals surface area contributed by atoms with Gasteiger partial charge in [-0.15, -0.1) is 0 Å². The first-order valence-electron chi connectivity index (χ1n) is 18.6. The van der Waals surface area contributed by atoms with Gasteiger partial charge in [-0.25, -0.2) is 4.98 Å². The van der Waals surface area contributed by atoms with Crippen molar-refractivity contribution >= 4 is 23.1 Å². The molecule has 54 heavy (non-hydrogen) atoms. The lowest BCUT2D eigenvalue weighted by molar-refractivity contribution is -0.128. The van der Waals surface area contributed by atoms with Gasteiger partial charge in [-0.1, -0.05) is 91.7 Å². The number of ether oxygens (including phenoxy) is 3. The number of halogens is 1. The molecule has 8 heteroatoms. The van der Waals surface area contributed by atoms with Gasteiger partial charge in [0.1, 0.15) is 24.7 Å². The van der Waals surface area contributed by atoms with E-state index in [-0.39, 0.29) is 5.91 Å². The summed E-state index contributed by atoms with van der Waals surface area (Å²) < 4.78 is 18.0. The van der Waals surface area contributed by atoms with Crippen LogP contribution in [-0.4, -0.2) is 46.9 Å². The summed E-state index contributed by atoms with van der Waals surface area (Å²) in [6, 6.07) is 32.7. The standard InChI is InChI=1S/C46H50ClN3O4/c1-31(2)39-15-17-41(18-16-39)52-29-38-13-11-36(12-14-38)28-49-21-23-50(24-22-49)46(51)35(6)34(5)40-25-33(4)45(43(47)26-40)54-44-20-19-42(27-48-44)53-30-37-9-7-32(3)8-10-37/h7-20,25-27,31H,21-24,28-30H2,1-6H3/b35-34-. The van der Waals surface area contributed by atoms with E-state index in [0.29, 0.717) is 60.2 Å². The normalized spacial score (nSPS) is 13.8. The zero-order valence-electron chi connectivity index (χ0n) is 32.2. The third kappa shape index (κ3) is 10.1. The van der Waals surface area contributed by atoms with Crippen molar-refractivity contribution in [2.24, 2.45) is 0 Å². The SMILES string of the molecule is C/C(C(=O)N1CCN(Cc2ccc(COc3ccc(C(C)C)cc3)cc2)CC1)=C(\C)c1cc(C)c(Oc2ccc(OCc3ccc(C)cc3)cn2)c(Cl)c1. The highest BCUT2D eigenvalue weighted by molar-refractivity contribution is 6.32. The summed E-state index contributed by atoms with van der Waals surface area (Å²) >= 11 is 6.76. The molecular formula is C46H50ClN3O4. The average molecular weight is 744 g/mol. The fourth-order valence-electron chi connectivity index (χ4n) is 6.38. The second kappa shape index (κ2) is 17.8. The number of aromatic nitrogens is 1. The quantitative estimate of drug-likeness (QED) is 0.112. The van der Waals surface area contributed by atoms with Gasteiger partial charge in [0.25, 0.3) is 0 Å². The number of hydrogen-bond donors (Lipinski definition) is 0. The van der Waals surface area contributed by atoms with Crippen molar-refractivity contribution in [1.29, 1.82) is 0 Å². The second-order valence-corrected chi connectivity index (χ2v) is 14.9.